The van der Waals surface area contributed by atoms with Crippen molar-refractivity contribution in [3.8, 4) is 12.1 Å². The molecule has 0 unspecified atom stereocenters. The predicted octanol–water partition coefficient (Wildman–Crippen LogP) is 3.01. The van der Waals surface area contributed by atoms with Gasteiger partial charge in [0.05, 0.1) is 23.3 Å². The van der Waals surface area contributed by atoms with Crippen LogP contribution in [0, 0.1) is 46.3 Å². The fourth-order valence-corrected chi connectivity index (χ4v) is 3.97. The van der Waals surface area contributed by atoms with Crippen LogP contribution >= 0.6 is 0 Å². The molecule has 3 nitrogen and oxygen atoms in total. The first-order valence-electron chi connectivity index (χ1n) is 6.82. The lowest BCUT2D eigenvalue weighted by Crippen LogP contribution is -2.31. The zero-order valence-electron chi connectivity index (χ0n) is 11.3. The summed E-state index contributed by atoms with van der Waals surface area (Å²) < 4.78 is 0. The van der Waals surface area contributed by atoms with Gasteiger partial charge in [0.1, 0.15) is 0 Å². The Bertz CT molecular complexity index is 558. The van der Waals surface area contributed by atoms with Crippen molar-refractivity contribution in [2.75, 3.05) is 0 Å². The summed E-state index contributed by atoms with van der Waals surface area (Å²) in [4.78, 5) is 0. The van der Waals surface area contributed by atoms with Gasteiger partial charge in [0.2, 0.25) is 0 Å². The van der Waals surface area contributed by atoms with Gasteiger partial charge in [0.25, 0.3) is 0 Å². The fraction of sp³-hybridized carbons (Fsp3) is 0.500. The average molecular weight is 251 g/mol. The van der Waals surface area contributed by atoms with Crippen LogP contribution in [-0.4, -0.2) is 0 Å². The van der Waals surface area contributed by atoms with E-state index in [0.717, 1.165) is 29.0 Å². The van der Waals surface area contributed by atoms with Gasteiger partial charge >= 0.3 is 0 Å². The van der Waals surface area contributed by atoms with Crippen LogP contribution in [0.5, 0.6) is 0 Å². The number of fused-ring (bicyclic) bond motifs is 2. The molecule has 19 heavy (non-hydrogen) atoms. The van der Waals surface area contributed by atoms with E-state index < -0.39 is 0 Å². The van der Waals surface area contributed by atoms with E-state index in [-0.39, 0.29) is 5.92 Å². The molecule has 2 bridgehead atoms. The van der Waals surface area contributed by atoms with Crippen LogP contribution in [0.2, 0.25) is 0 Å². The van der Waals surface area contributed by atoms with Crippen molar-refractivity contribution in [2.24, 2.45) is 23.7 Å². The molecule has 0 amide bonds. The summed E-state index contributed by atoms with van der Waals surface area (Å²) in [6, 6.07) is 4.67. The van der Waals surface area contributed by atoms with E-state index in [1.165, 1.54) is 6.42 Å². The molecule has 1 aliphatic heterocycles. The highest BCUT2D eigenvalue weighted by Gasteiger charge is 2.44. The first kappa shape index (κ1) is 12.1. The lowest BCUT2D eigenvalue weighted by Gasteiger charge is -2.33. The third kappa shape index (κ3) is 1.70. The van der Waals surface area contributed by atoms with E-state index in [1.807, 2.05) is 13.8 Å². The zero-order chi connectivity index (χ0) is 13.6. The Hall–Kier alpha value is -2.00. The van der Waals surface area contributed by atoms with Crippen LogP contribution in [-0.2, 0) is 0 Å². The maximum absolute atomic E-state index is 9.46. The minimum Gasteiger partial charge on any atom is -0.361 e. The Balaban J connectivity index is 2.05. The van der Waals surface area contributed by atoms with Crippen molar-refractivity contribution in [3.05, 3.63) is 34.7 Å². The molecule has 0 aromatic carbocycles. The fourth-order valence-electron chi connectivity index (χ4n) is 3.97. The SMILES string of the molecule is CC1=C(C#N)C([C@@H]2C[C@H]3C=C[C@H]2C3)C(C#N)=C(C)N1. The highest BCUT2D eigenvalue weighted by molar-refractivity contribution is 5.48. The first-order valence-corrected chi connectivity index (χ1v) is 6.82. The topological polar surface area (TPSA) is 59.6 Å². The Labute approximate surface area is 113 Å². The molecule has 0 aromatic heterocycles. The number of hydrogen-bond acceptors (Lipinski definition) is 3. The van der Waals surface area contributed by atoms with Crippen molar-refractivity contribution in [3.63, 3.8) is 0 Å². The standard InChI is InChI=1S/C16H17N3/c1-9-14(7-17)16(15(8-18)10(2)19-9)13-6-11-3-4-12(13)5-11/h3-4,11-13,16,19H,5-6H2,1-2H3/t11-,12-,13+/m0/s1. The van der Waals surface area contributed by atoms with Crippen LogP contribution in [0.3, 0.4) is 0 Å². The number of allylic oxidation sites excluding steroid dienone is 6. The Morgan fingerprint density at radius 1 is 1.05 bits per heavy atom. The van der Waals surface area contributed by atoms with Crippen LogP contribution < -0.4 is 5.32 Å². The number of rotatable bonds is 1. The van der Waals surface area contributed by atoms with Crippen LogP contribution in [0.4, 0.5) is 0 Å². The number of dihydropyridines is 1. The Morgan fingerprint density at radius 2 is 1.68 bits per heavy atom. The van der Waals surface area contributed by atoms with E-state index in [2.05, 4.69) is 29.6 Å². The van der Waals surface area contributed by atoms with Gasteiger partial charge < -0.3 is 5.32 Å². The molecule has 2 aliphatic carbocycles. The van der Waals surface area contributed by atoms with Gasteiger partial charge in [-0.25, -0.2) is 0 Å². The molecule has 1 heterocycles. The molecule has 1 saturated carbocycles. The molecule has 0 spiro atoms. The summed E-state index contributed by atoms with van der Waals surface area (Å²) in [6.45, 7) is 3.87. The molecular weight excluding hydrogens is 234 g/mol. The molecule has 3 rings (SSSR count). The van der Waals surface area contributed by atoms with E-state index in [0.29, 0.717) is 17.8 Å². The summed E-state index contributed by atoms with van der Waals surface area (Å²) in [5.41, 5.74) is 3.34. The predicted molar refractivity (Wildman–Crippen MR) is 72.1 cm³/mol. The maximum Gasteiger partial charge on any atom is 0.0972 e. The largest absolute Gasteiger partial charge is 0.361 e. The van der Waals surface area contributed by atoms with E-state index in [4.69, 9.17) is 0 Å². The van der Waals surface area contributed by atoms with Crippen LogP contribution in [0.15, 0.2) is 34.7 Å². The third-order valence-electron chi connectivity index (χ3n) is 4.80. The Morgan fingerprint density at radius 3 is 2.11 bits per heavy atom. The van der Waals surface area contributed by atoms with E-state index in [1.54, 1.807) is 0 Å². The van der Waals surface area contributed by atoms with Gasteiger partial charge in [-0.05, 0) is 44.4 Å². The molecule has 0 radical (unpaired) electrons. The van der Waals surface area contributed by atoms with Crippen molar-refractivity contribution in [1.29, 1.82) is 10.5 Å². The molecule has 1 N–H and O–H groups in total. The molecule has 3 aliphatic rings. The maximum atomic E-state index is 9.46. The average Bonchev–Trinajstić information content (AvgIpc) is 3.00. The number of nitrogens with one attached hydrogen (secondary N) is 1. The minimum absolute atomic E-state index is 0.00352. The van der Waals surface area contributed by atoms with Crippen molar-refractivity contribution in [2.45, 2.75) is 26.7 Å². The monoisotopic (exact) mass is 251 g/mol. The highest BCUT2D eigenvalue weighted by Crippen LogP contribution is 2.51. The number of nitriles is 2. The molecule has 3 heteroatoms. The molecule has 96 valence electrons. The van der Waals surface area contributed by atoms with Gasteiger partial charge in [-0.2, -0.15) is 10.5 Å². The molecular formula is C16H17N3. The smallest absolute Gasteiger partial charge is 0.0972 e. The van der Waals surface area contributed by atoms with Crippen molar-refractivity contribution >= 4 is 0 Å². The molecule has 1 fully saturated rings. The first-order chi connectivity index (χ1) is 9.15. The summed E-state index contributed by atoms with van der Waals surface area (Å²) in [5.74, 6) is 1.62. The second-order valence-corrected chi connectivity index (χ2v) is 5.85. The second-order valence-electron chi connectivity index (χ2n) is 5.85. The lowest BCUT2D eigenvalue weighted by atomic mass is 9.72. The number of hydrogen-bond donors (Lipinski definition) is 1. The van der Waals surface area contributed by atoms with Crippen molar-refractivity contribution < 1.29 is 0 Å². The van der Waals surface area contributed by atoms with E-state index >= 15 is 0 Å². The van der Waals surface area contributed by atoms with Gasteiger partial charge in [0, 0.05) is 17.3 Å². The number of nitrogens with zero attached hydrogens (tertiary/aromatic N) is 2. The summed E-state index contributed by atoms with van der Waals surface area (Å²) in [6.07, 6.45) is 6.90. The third-order valence-corrected chi connectivity index (χ3v) is 4.80. The summed E-state index contributed by atoms with van der Waals surface area (Å²) >= 11 is 0. The summed E-state index contributed by atoms with van der Waals surface area (Å²) in [7, 11) is 0. The van der Waals surface area contributed by atoms with Gasteiger partial charge in [-0.1, -0.05) is 12.2 Å². The quantitative estimate of drug-likeness (QED) is 0.729. The van der Waals surface area contributed by atoms with Crippen LogP contribution in [0.1, 0.15) is 26.7 Å². The molecule has 0 saturated heterocycles. The molecule has 0 aromatic rings. The van der Waals surface area contributed by atoms with Crippen molar-refractivity contribution in [1.82, 2.24) is 5.32 Å². The van der Waals surface area contributed by atoms with Gasteiger partial charge in [0.15, 0.2) is 0 Å². The second kappa shape index (κ2) is 4.28. The Kier molecular flexibility index (Phi) is 2.72. The van der Waals surface area contributed by atoms with Gasteiger partial charge in [-0.3, -0.25) is 0 Å². The van der Waals surface area contributed by atoms with Crippen LogP contribution in [0.25, 0.3) is 0 Å². The highest BCUT2D eigenvalue weighted by atomic mass is 14.9. The van der Waals surface area contributed by atoms with Gasteiger partial charge in [-0.15, -0.1) is 0 Å². The zero-order valence-corrected chi connectivity index (χ0v) is 11.3. The van der Waals surface area contributed by atoms with E-state index in [9.17, 15) is 10.5 Å². The minimum atomic E-state index is -0.00352. The normalized spacial score (nSPS) is 33.4. The lowest BCUT2D eigenvalue weighted by molar-refractivity contribution is 0.363. The summed E-state index contributed by atoms with van der Waals surface area (Å²) in [5, 5.41) is 22.1. The molecule has 3 atom stereocenters.